The number of pyridine rings is 1. The number of nitrogens with zero attached hydrogens (tertiary/aromatic N) is 5. The monoisotopic (exact) mass is 392 g/mol. The number of aryl methyl sites for hydroxylation is 1. The average molecular weight is 393 g/mol. The summed E-state index contributed by atoms with van der Waals surface area (Å²) in [6.45, 7) is 7.49. The first-order chi connectivity index (χ1) is 14.0. The van der Waals surface area contributed by atoms with Crippen LogP contribution < -0.4 is 10.2 Å². The maximum atomic E-state index is 11.7. The summed E-state index contributed by atoms with van der Waals surface area (Å²) >= 11 is 0. The molecule has 0 bridgehead atoms. The largest absolute Gasteiger partial charge is 0.356 e. The quantitative estimate of drug-likeness (QED) is 0.862. The van der Waals surface area contributed by atoms with Gasteiger partial charge in [-0.2, -0.15) is 0 Å². The topological polar surface area (TPSA) is 74.2 Å². The summed E-state index contributed by atoms with van der Waals surface area (Å²) in [5.41, 5.74) is 2.20. The number of hydrogen-bond acceptors (Lipinski definition) is 6. The van der Waals surface area contributed by atoms with Gasteiger partial charge in [-0.1, -0.05) is 0 Å². The molecule has 7 nitrogen and oxygen atoms in total. The Bertz CT molecular complexity index is 896. The molecule has 2 aliphatic heterocycles. The van der Waals surface area contributed by atoms with Gasteiger partial charge in [0.1, 0.15) is 17.5 Å². The molecule has 2 saturated heterocycles. The van der Waals surface area contributed by atoms with E-state index in [1.54, 1.807) is 19.3 Å². The van der Waals surface area contributed by atoms with Crippen LogP contribution in [-0.2, 0) is 4.79 Å². The molecule has 1 saturated carbocycles. The number of fused-ring (bicyclic) bond motifs is 1. The highest BCUT2D eigenvalue weighted by molar-refractivity contribution is 5.73. The SMILES string of the molecule is CC(=O)N1CCC(c2cc(Nc3cnc(C)cn3)nc(N3CC4CC4C3)c2)CC1. The predicted octanol–water partition coefficient (Wildman–Crippen LogP) is 3.11. The second-order valence-corrected chi connectivity index (χ2v) is 8.75. The van der Waals surface area contributed by atoms with Crippen LogP contribution in [0.25, 0.3) is 0 Å². The maximum absolute atomic E-state index is 11.7. The van der Waals surface area contributed by atoms with Crippen molar-refractivity contribution in [2.75, 3.05) is 36.4 Å². The fourth-order valence-electron chi connectivity index (χ4n) is 4.70. The summed E-state index contributed by atoms with van der Waals surface area (Å²) in [7, 11) is 0. The molecule has 2 aromatic heterocycles. The van der Waals surface area contributed by atoms with Crippen LogP contribution >= 0.6 is 0 Å². The minimum atomic E-state index is 0.176. The highest BCUT2D eigenvalue weighted by atomic mass is 16.2. The molecule has 3 aliphatic rings. The first-order valence-electron chi connectivity index (χ1n) is 10.6. The van der Waals surface area contributed by atoms with Crippen LogP contribution in [-0.4, -0.2) is 51.9 Å². The third-order valence-electron chi connectivity index (χ3n) is 6.59. The van der Waals surface area contributed by atoms with Crippen molar-refractivity contribution in [2.24, 2.45) is 11.8 Å². The number of carbonyl (C=O) groups is 1. The van der Waals surface area contributed by atoms with E-state index < -0.39 is 0 Å². The van der Waals surface area contributed by atoms with Crippen LogP contribution in [0.1, 0.15) is 43.4 Å². The predicted molar refractivity (Wildman–Crippen MR) is 112 cm³/mol. The van der Waals surface area contributed by atoms with Crippen LogP contribution in [0.4, 0.5) is 17.5 Å². The van der Waals surface area contributed by atoms with Gasteiger partial charge in [-0.05, 0) is 61.6 Å². The van der Waals surface area contributed by atoms with E-state index in [2.05, 4.69) is 32.3 Å². The van der Waals surface area contributed by atoms with Gasteiger partial charge in [0.05, 0.1) is 18.1 Å². The van der Waals surface area contributed by atoms with E-state index in [-0.39, 0.29) is 5.91 Å². The molecule has 0 aromatic carbocycles. The van der Waals surface area contributed by atoms with Crippen molar-refractivity contribution in [1.29, 1.82) is 0 Å². The summed E-state index contributed by atoms with van der Waals surface area (Å²) in [5, 5.41) is 3.35. The Morgan fingerprint density at radius 1 is 1.07 bits per heavy atom. The number of rotatable bonds is 4. The third kappa shape index (κ3) is 3.91. The number of nitrogens with one attached hydrogen (secondary N) is 1. The van der Waals surface area contributed by atoms with Crippen LogP contribution in [0.2, 0.25) is 0 Å². The van der Waals surface area contributed by atoms with E-state index in [1.807, 2.05) is 11.8 Å². The molecule has 2 atom stereocenters. The number of carbonyl (C=O) groups excluding carboxylic acids is 1. The molecule has 152 valence electrons. The zero-order chi connectivity index (χ0) is 20.0. The van der Waals surface area contributed by atoms with E-state index in [4.69, 9.17) is 4.98 Å². The van der Waals surface area contributed by atoms with Gasteiger partial charge in [-0.25, -0.2) is 9.97 Å². The smallest absolute Gasteiger partial charge is 0.219 e. The van der Waals surface area contributed by atoms with Crippen LogP contribution in [0.5, 0.6) is 0 Å². The molecule has 5 rings (SSSR count). The summed E-state index contributed by atoms with van der Waals surface area (Å²) in [5.74, 6) is 4.94. The van der Waals surface area contributed by atoms with Crippen molar-refractivity contribution >= 4 is 23.4 Å². The summed E-state index contributed by atoms with van der Waals surface area (Å²) in [6, 6.07) is 4.42. The lowest BCUT2D eigenvalue weighted by Crippen LogP contribution is -2.36. The molecular formula is C22H28N6O. The zero-order valence-corrected chi connectivity index (χ0v) is 17.1. The summed E-state index contributed by atoms with van der Waals surface area (Å²) in [4.78, 5) is 29.7. The van der Waals surface area contributed by atoms with Crippen molar-refractivity contribution in [3.05, 3.63) is 35.8 Å². The number of amides is 1. The molecule has 7 heteroatoms. The second kappa shape index (κ2) is 7.28. The maximum Gasteiger partial charge on any atom is 0.219 e. The van der Waals surface area contributed by atoms with Gasteiger partial charge in [-0.15, -0.1) is 0 Å². The molecular weight excluding hydrogens is 364 g/mol. The number of anilines is 3. The van der Waals surface area contributed by atoms with E-state index in [9.17, 15) is 4.79 Å². The lowest BCUT2D eigenvalue weighted by molar-refractivity contribution is -0.129. The van der Waals surface area contributed by atoms with E-state index in [0.29, 0.717) is 11.7 Å². The minimum absolute atomic E-state index is 0.176. The molecule has 1 aliphatic carbocycles. The Kier molecular flexibility index (Phi) is 4.60. The molecule has 3 fully saturated rings. The van der Waals surface area contributed by atoms with Gasteiger partial charge in [0.15, 0.2) is 0 Å². The van der Waals surface area contributed by atoms with Gasteiger partial charge >= 0.3 is 0 Å². The first-order valence-corrected chi connectivity index (χ1v) is 10.6. The van der Waals surface area contributed by atoms with Crippen LogP contribution in [0, 0.1) is 18.8 Å². The summed E-state index contributed by atoms with van der Waals surface area (Å²) < 4.78 is 0. The summed E-state index contributed by atoms with van der Waals surface area (Å²) in [6.07, 6.45) is 6.89. The van der Waals surface area contributed by atoms with Gasteiger partial charge < -0.3 is 15.1 Å². The van der Waals surface area contributed by atoms with Crippen molar-refractivity contribution < 1.29 is 4.79 Å². The van der Waals surface area contributed by atoms with Gasteiger partial charge in [0, 0.05) is 33.1 Å². The van der Waals surface area contributed by atoms with Crippen molar-refractivity contribution in [3.63, 3.8) is 0 Å². The van der Waals surface area contributed by atoms with Crippen LogP contribution in [0.3, 0.4) is 0 Å². The number of piperidine rings is 2. The first kappa shape index (κ1) is 18.3. The van der Waals surface area contributed by atoms with Crippen LogP contribution in [0.15, 0.2) is 24.5 Å². The van der Waals surface area contributed by atoms with Crippen molar-refractivity contribution in [1.82, 2.24) is 19.9 Å². The standard InChI is InChI=1S/C22H28N6O/c1-14-10-24-21(11-23-14)25-20-8-17(16-3-5-27(6-4-16)15(2)29)9-22(26-20)28-12-18-7-19(18)13-28/h8-11,16,18-19H,3-7,12-13H2,1-2H3,(H,24,25,26). The minimum Gasteiger partial charge on any atom is -0.356 e. The Morgan fingerprint density at radius 3 is 2.48 bits per heavy atom. The Morgan fingerprint density at radius 2 is 1.83 bits per heavy atom. The van der Waals surface area contributed by atoms with Crippen molar-refractivity contribution in [3.8, 4) is 0 Å². The molecule has 2 aromatic rings. The van der Waals surface area contributed by atoms with E-state index >= 15 is 0 Å². The van der Waals surface area contributed by atoms with E-state index in [1.165, 1.54) is 12.0 Å². The van der Waals surface area contributed by atoms with Gasteiger partial charge in [-0.3, -0.25) is 9.78 Å². The lowest BCUT2D eigenvalue weighted by atomic mass is 9.89. The second-order valence-electron chi connectivity index (χ2n) is 8.75. The van der Waals surface area contributed by atoms with Gasteiger partial charge in [0.25, 0.3) is 0 Å². The molecule has 1 amide bonds. The molecule has 1 N–H and O–H groups in total. The molecule has 0 radical (unpaired) electrons. The normalized spacial score (nSPS) is 23.8. The number of aromatic nitrogens is 3. The van der Waals surface area contributed by atoms with Crippen molar-refractivity contribution in [2.45, 2.75) is 39.0 Å². The molecule has 29 heavy (non-hydrogen) atoms. The zero-order valence-electron chi connectivity index (χ0n) is 17.1. The number of hydrogen-bond donors (Lipinski definition) is 1. The Hall–Kier alpha value is -2.70. The Labute approximate surface area is 171 Å². The molecule has 4 heterocycles. The average Bonchev–Trinajstić information content (AvgIpc) is 3.34. The van der Waals surface area contributed by atoms with Gasteiger partial charge in [0.2, 0.25) is 5.91 Å². The lowest BCUT2D eigenvalue weighted by Gasteiger charge is -2.32. The fraction of sp³-hybridized carbons (Fsp3) is 0.545. The fourth-order valence-corrected chi connectivity index (χ4v) is 4.70. The molecule has 0 spiro atoms. The Balaban J connectivity index is 1.40. The highest BCUT2D eigenvalue weighted by Crippen LogP contribution is 2.46. The third-order valence-corrected chi connectivity index (χ3v) is 6.59. The van der Waals surface area contributed by atoms with E-state index in [0.717, 1.165) is 68.2 Å². The number of likely N-dealkylation sites (tertiary alicyclic amines) is 1. The molecule has 2 unspecified atom stereocenters. The highest BCUT2D eigenvalue weighted by Gasteiger charge is 2.45.